The molecule has 2 aliphatic heterocycles. The van der Waals surface area contributed by atoms with Crippen LogP contribution in [0.1, 0.15) is 36.1 Å². The Morgan fingerprint density at radius 3 is 2.30 bits per heavy atom. The van der Waals surface area contributed by atoms with Crippen LogP contribution < -0.4 is 0 Å². The highest BCUT2D eigenvalue weighted by atomic mass is 16.5. The largest absolute Gasteiger partial charge is 0.353 e. The van der Waals surface area contributed by atoms with Gasteiger partial charge >= 0.3 is 0 Å². The van der Waals surface area contributed by atoms with E-state index in [-0.39, 0.29) is 18.4 Å². The predicted molar refractivity (Wildman–Crippen MR) is 74.8 cm³/mol. The summed E-state index contributed by atoms with van der Waals surface area (Å²) in [4.78, 5) is 10.7. The zero-order valence-corrected chi connectivity index (χ0v) is 11.2. The van der Waals surface area contributed by atoms with E-state index in [1.807, 2.05) is 24.8 Å². The number of ether oxygens (including phenoxy) is 1. The molecule has 4 nitrogen and oxygen atoms in total. The van der Waals surface area contributed by atoms with Gasteiger partial charge in [-0.05, 0) is 48.2 Å². The quantitative estimate of drug-likeness (QED) is 0.838. The maximum atomic E-state index is 6.32. The molecular formula is C16H17N3O. The van der Waals surface area contributed by atoms with E-state index in [0.717, 1.165) is 13.0 Å². The van der Waals surface area contributed by atoms with Crippen LogP contribution in [-0.4, -0.2) is 27.6 Å². The molecule has 102 valence electrons. The molecule has 4 heterocycles. The van der Waals surface area contributed by atoms with E-state index in [9.17, 15) is 0 Å². The molecule has 2 aromatic rings. The molecule has 0 saturated carbocycles. The van der Waals surface area contributed by atoms with Gasteiger partial charge in [-0.25, -0.2) is 0 Å². The fourth-order valence-corrected chi connectivity index (χ4v) is 3.38. The van der Waals surface area contributed by atoms with Crippen LogP contribution in [0.15, 0.2) is 49.1 Å². The lowest BCUT2D eigenvalue weighted by molar-refractivity contribution is 0.0173. The molecule has 20 heavy (non-hydrogen) atoms. The number of nitrogens with zero attached hydrogens (tertiary/aromatic N) is 3. The van der Waals surface area contributed by atoms with Gasteiger partial charge < -0.3 is 4.74 Å². The Balaban J connectivity index is 1.74. The van der Waals surface area contributed by atoms with E-state index >= 15 is 0 Å². The number of pyridine rings is 2. The second-order valence-electron chi connectivity index (χ2n) is 5.40. The van der Waals surface area contributed by atoms with Crippen molar-refractivity contribution in [2.45, 2.75) is 31.2 Å². The molecule has 4 heteroatoms. The molecule has 0 aromatic carbocycles. The van der Waals surface area contributed by atoms with Gasteiger partial charge in [-0.15, -0.1) is 0 Å². The Labute approximate surface area is 118 Å². The molecular weight excluding hydrogens is 250 g/mol. The fourth-order valence-electron chi connectivity index (χ4n) is 3.38. The Hall–Kier alpha value is -1.78. The van der Waals surface area contributed by atoms with Gasteiger partial charge in [0.25, 0.3) is 0 Å². The van der Waals surface area contributed by atoms with Gasteiger partial charge in [0.2, 0.25) is 0 Å². The van der Waals surface area contributed by atoms with Crippen molar-refractivity contribution in [1.82, 2.24) is 14.9 Å². The topological polar surface area (TPSA) is 38.2 Å². The van der Waals surface area contributed by atoms with E-state index in [1.54, 1.807) is 0 Å². The summed E-state index contributed by atoms with van der Waals surface area (Å²) in [6.45, 7) is 1.11. The van der Waals surface area contributed by atoms with Crippen molar-refractivity contribution in [3.63, 3.8) is 0 Å². The van der Waals surface area contributed by atoms with Crippen LogP contribution in [-0.2, 0) is 4.74 Å². The zero-order valence-electron chi connectivity index (χ0n) is 11.2. The third-order valence-corrected chi connectivity index (χ3v) is 4.27. The smallest absolute Gasteiger partial charge is 0.112 e. The van der Waals surface area contributed by atoms with Crippen LogP contribution in [0.25, 0.3) is 0 Å². The summed E-state index contributed by atoms with van der Waals surface area (Å²) in [6.07, 6.45) is 10.1. The summed E-state index contributed by atoms with van der Waals surface area (Å²) < 4.78 is 6.32. The highest BCUT2D eigenvalue weighted by molar-refractivity contribution is 5.26. The molecule has 0 unspecified atom stereocenters. The Morgan fingerprint density at radius 2 is 1.60 bits per heavy atom. The van der Waals surface area contributed by atoms with Gasteiger partial charge in [-0.1, -0.05) is 0 Å². The zero-order chi connectivity index (χ0) is 13.4. The molecule has 0 radical (unpaired) electrons. The van der Waals surface area contributed by atoms with Crippen molar-refractivity contribution in [1.29, 1.82) is 0 Å². The normalized spacial score (nSPS) is 29.5. The minimum atomic E-state index is 0.0886. The summed E-state index contributed by atoms with van der Waals surface area (Å²) in [7, 11) is 0. The lowest BCUT2D eigenvalue weighted by Gasteiger charge is -2.25. The van der Waals surface area contributed by atoms with Crippen LogP contribution in [0.4, 0.5) is 0 Å². The Bertz CT molecular complexity index is 575. The highest BCUT2D eigenvalue weighted by Gasteiger charge is 2.45. The van der Waals surface area contributed by atoms with E-state index in [4.69, 9.17) is 4.74 Å². The third kappa shape index (κ3) is 1.92. The van der Waals surface area contributed by atoms with Crippen molar-refractivity contribution in [2.75, 3.05) is 6.54 Å². The van der Waals surface area contributed by atoms with E-state index < -0.39 is 0 Å². The lowest BCUT2D eigenvalue weighted by Crippen LogP contribution is -2.26. The molecule has 2 saturated heterocycles. The van der Waals surface area contributed by atoms with Gasteiger partial charge in [0.1, 0.15) is 12.3 Å². The average molecular weight is 267 g/mol. The lowest BCUT2D eigenvalue weighted by atomic mass is 9.97. The van der Waals surface area contributed by atoms with Crippen LogP contribution in [0.5, 0.6) is 0 Å². The monoisotopic (exact) mass is 267 g/mol. The number of fused-ring (bicyclic) bond motifs is 1. The van der Waals surface area contributed by atoms with Crippen molar-refractivity contribution in [2.24, 2.45) is 0 Å². The van der Waals surface area contributed by atoms with E-state index in [1.165, 1.54) is 17.5 Å². The molecule has 0 spiro atoms. The molecule has 0 bridgehead atoms. The van der Waals surface area contributed by atoms with Crippen LogP contribution in [0.2, 0.25) is 0 Å². The highest BCUT2D eigenvalue weighted by Crippen LogP contribution is 2.47. The number of aromatic nitrogens is 2. The van der Waals surface area contributed by atoms with Crippen molar-refractivity contribution >= 4 is 0 Å². The first-order valence-electron chi connectivity index (χ1n) is 7.14. The van der Waals surface area contributed by atoms with Gasteiger partial charge in [-0.2, -0.15) is 0 Å². The first-order valence-corrected chi connectivity index (χ1v) is 7.14. The van der Waals surface area contributed by atoms with E-state index in [0.29, 0.717) is 0 Å². The summed E-state index contributed by atoms with van der Waals surface area (Å²) >= 11 is 0. The standard InChI is InChI=1S/C16H17N3O/c1-2-14-19(11-1)15(12-3-7-17-8-4-12)16(20-14)13-5-9-18-10-6-13/h3-10,14-16H,1-2,11H2/t14-,15-,16-/m0/s1. The van der Waals surface area contributed by atoms with Crippen molar-refractivity contribution in [3.05, 3.63) is 60.2 Å². The molecule has 2 fully saturated rings. The second-order valence-corrected chi connectivity index (χ2v) is 5.40. The fraction of sp³-hybridized carbons (Fsp3) is 0.375. The van der Waals surface area contributed by atoms with Crippen molar-refractivity contribution in [3.8, 4) is 0 Å². The van der Waals surface area contributed by atoms with E-state index in [2.05, 4.69) is 39.1 Å². The molecule has 4 rings (SSSR count). The molecule has 0 amide bonds. The number of rotatable bonds is 2. The summed E-state index contributed by atoms with van der Waals surface area (Å²) in [5, 5.41) is 0. The minimum absolute atomic E-state index is 0.0886. The summed E-state index contributed by atoms with van der Waals surface area (Å²) in [5.41, 5.74) is 2.49. The molecule has 2 aromatic heterocycles. The summed E-state index contributed by atoms with van der Waals surface area (Å²) in [5.74, 6) is 0. The van der Waals surface area contributed by atoms with Gasteiger partial charge in [0.05, 0.1) is 6.04 Å². The molecule has 2 aliphatic rings. The first kappa shape index (κ1) is 12.0. The second kappa shape index (κ2) is 4.96. The average Bonchev–Trinajstić information content (AvgIpc) is 3.09. The maximum absolute atomic E-state index is 6.32. The van der Waals surface area contributed by atoms with Gasteiger partial charge in [0, 0.05) is 31.3 Å². The van der Waals surface area contributed by atoms with Crippen LogP contribution in [0.3, 0.4) is 0 Å². The minimum Gasteiger partial charge on any atom is -0.353 e. The van der Waals surface area contributed by atoms with Crippen LogP contribution in [0, 0.1) is 0 Å². The molecule has 0 aliphatic carbocycles. The number of hydrogen-bond donors (Lipinski definition) is 0. The van der Waals surface area contributed by atoms with Crippen LogP contribution >= 0.6 is 0 Å². The van der Waals surface area contributed by atoms with Crippen molar-refractivity contribution < 1.29 is 4.74 Å². The maximum Gasteiger partial charge on any atom is 0.112 e. The predicted octanol–water partition coefficient (Wildman–Crippen LogP) is 2.71. The van der Waals surface area contributed by atoms with Gasteiger partial charge in [0.15, 0.2) is 0 Å². The molecule has 0 N–H and O–H groups in total. The number of hydrogen-bond acceptors (Lipinski definition) is 4. The molecule has 3 atom stereocenters. The summed E-state index contributed by atoms with van der Waals surface area (Å²) in [6, 6.07) is 8.60. The first-order chi connectivity index (χ1) is 9.93. The SMILES string of the molecule is c1cc([C@@H]2O[C@H]3CCCN3[C@H]2c2ccncc2)ccn1. The Kier molecular flexibility index (Phi) is 2.98. The Morgan fingerprint density at radius 1 is 0.950 bits per heavy atom. The third-order valence-electron chi connectivity index (χ3n) is 4.27. The van der Waals surface area contributed by atoms with Gasteiger partial charge in [-0.3, -0.25) is 14.9 Å².